The lowest BCUT2D eigenvalue weighted by molar-refractivity contribution is -0.660. The van der Waals surface area contributed by atoms with Crippen LogP contribution in [0.4, 0.5) is 0 Å². The van der Waals surface area contributed by atoms with Crippen LogP contribution in [-0.2, 0) is 19.0 Å². The standard InChI is InChI=1S/C11H19N2O4/c14-11(10-7-13(10)4-5-13)17-9-16-8-15-6-3-12-1-2-12/h10H,1-9H2/q+1. The lowest BCUT2D eigenvalue weighted by Gasteiger charge is -2.06. The average Bonchev–Trinajstić information content (AvgIpc) is 3.20. The largest absolute Gasteiger partial charge is 0.434 e. The minimum absolute atomic E-state index is 0.0129. The molecule has 0 aromatic rings. The van der Waals surface area contributed by atoms with E-state index in [1.807, 2.05) is 0 Å². The molecule has 6 heteroatoms. The summed E-state index contributed by atoms with van der Waals surface area (Å²) < 4.78 is 16.3. The molecule has 0 radical (unpaired) electrons. The molecule has 0 aliphatic carbocycles. The van der Waals surface area contributed by atoms with Gasteiger partial charge in [-0.25, -0.2) is 4.79 Å². The first kappa shape index (κ1) is 11.4. The average molecular weight is 243 g/mol. The molecule has 0 bridgehead atoms. The van der Waals surface area contributed by atoms with Gasteiger partial charge in [0.05, 0.1) is 6.61 Å². The molecule has 3 aliphatic heterocycles. The van der Waals surface area contributed by atoms with Crippen LogP contribution in [0.15, 0.2) is 0 Å². The maximum absolute atomic E-state index is 11.5. The third-order valence-corrected chi connectivity index (χ3v) is 3.68. The van der Waals surface area contributed by atoms with Gasteiger partial charge >= 0.3 is 5.97 Å². The summed E-state index contributed by atoms with van der Waals surface area (Å²) in [5, 5.41) is 0. The smallest absolute Gasteiger partial charge is 0.373 e. The van der Waals surface area contributed by atoms with Crippen molar-refractivity contribution >= 4 is 5.97 Å². The predicted octanol–water partition coefficient (Wildman–Crippen LogP) is -0.994. The molecule has 0 aromatic heterocycles. The summed E-state index contributed by atoms with van der Waals surface area (Å²) in [6.45, 7) is 7.46. The quantitative estimate of drug-likeness (QED) is 0.180. The van der Waals surface area contributed by atoms with E-state index < -0.39 is 0 Å². The number of hydrogen-bond acceptors (Lipinski definition) is 5. The SMILES string of the molecule is O=C(OCOCOCCN1CC1)C1C[N+]12CC2. The summed E-state index contributed by atoms with van der Waals surface area (Å²) >= 11 is 0. The summed E-state index contributed by atoms with van der Waals surface area (Å²) in [5.41, 5.74) is 0. The molecule has 3 heterocycles. The van der Waals surface area contributed by atoms with Crippen molar-refractivity contribution in [2.24, 2.45) is 0 Å². The summed E-state index contributed by atoms with van der Waals surface area (Å²) in [4.78, 5) is 13.8. The molecule has 17 heavy (non-hydrogen) atoms. The van der Waals surface area contributed by atoms with Gasteiger partial charge in [-0.3, -0.25) is 9.38 Å². The number of carbonyl (C=O) groups excluding carboxylic acids is 1. The summed E-state index contributed by atoms with van der Waals surface area (Å²) in [5.74, 6) is -0.119. The highest BCUT2D eigenvalue weighted by Crippen LogP contribution is 2.41. The Balaban J connectivity index is 1.15. The fraction of sp³-hybridized carbons (Fsp3) is 0.909. The number of hydrogen-bond donors (Lipinski definition) is 0. The van der Waals surface area contributed by atoms with E-state index in [1.54, 1.807) is 0 Å². The van der Waals surface area contributed by atoms with E-state index in [4.69, 9.17) is 14.2 Å². The molecule has 0 amide bonds. The highest BCUT2D eigenvalue weighted by molar-refractivity contribution is 5.77. The van der Waals surface area contributed by atoms with Gasteiger partial charge in [-0.05, 0) is 0 Å². The summed E-state index contributed by atoms with van der Waals surface area (Å²) in [6.07, 6.45) is 0. The molecule has 3 fully saturated rings. The number of ether oxygens (including phenoxy) is 3. The monoisotopic (exact) mass is 243 g/mol. The van der Waals surface area contributed by atoms with Crippen molar-refractivity contribution in [1.29, 1.82) is 0 Å². The zero-order chi connectivity index (χ0) is 11.7. The van der Waals surface area contributed by atoms with Gasteiger partial charge in [-0.1, -0.05) is 0 Å². The molecular weight excluding hydrogens is 224 g/mol. The molecule has 0 saturated carbocycles. The van der Waals surface area contributed by atoms with Crippen LogP contribution in [0, 0.1) is 0 Å². The Hall–Kier alpha value is -0.690. The van der Waals surface area contributed by atoms with Gasteiger partial charge in [0.1, 0.15) is 19.6 Å². The van der Waals surface area contributed by atoms with Gasteiger partial charge in [0.25, 0.3) is 0 Å². The third-order valence-electron chi connectivity index (χ3n) is 3.68. The molecule has 6 nitrogen and oxygen atoms in total. The van der Waals surface area contributed by atoms with Crippen molar-refractivity contribution in [3.05, 3.63) is 0 Å². The van der Waals surface area contributed by atoms with Crippen LogP contribution in [0.1, 0.15) is 0 Å². The van der Waals surface area contributed by atoms with Crippen molar-refractivity contribution in [2.75, 3.05) is 59.5 Å². The fourth-order valence-corrected chi connectivity index (χ4v) is 2.05. The van der Waals surface area contributed by atoms with E-state index in [2.05, 4.69) is 4.90 Å². The number of esters is 1. The minimum Gasteiger partial charge on any atom is -0.434 e. The predicted molar refractivity (Wildman–Crippen MR) is 58.0 cm³/mol. The Kier molecular flexibility index (Phi) is 3.04. The topological polar surface area (TPSA) is 47.8 Å². The van der Waals surface area contributed by atoms with Crippen LogP contribution in [0.3, 0.4) is 0 Å². The Labute approximate surface area is 101 Å². The van der Waals surface area contributed by atoms with Crippen LogP contribution in [0.2, 0.25) is 0 Å². The number of carbonyl (C=O) groups is 1. The van der Waals surface area contributed by atoms with Crippen LogP contribution in [-0.4, -0.2) is 80.9 Å². The molecule has 0 N–H and O–H groups in total. The van der Waals surface area contributed by atoms with Crippen molar-refractivity contribution in [3.8, 4) is 0 Å². The molecule has 0 aromatic carbocycles. The van der Waals surface area contributed by atoms with Gasteiger partial charge in [0.15, 0.2) is 13.6 Å². The van der Waals surface area contributed by atoms with Gasteiger partial charge in [0.2, 0.25) is 6.04 Å². The second-order valence-corrected chi connectivity index (χ2v) is 5.02. The van der Waals surface area contributed by atoms with E-state index in [0.717, 1.165) is 30.7 Å². The third kappa shape index (κ3) is 2.95. The van der Waals surface area contributed by atoms with Crippen LogP contribution >= 0.6 is 0 Å². The highest BCUT2D eigenvalue weighted by Gasteiger charge is 2.69. The Morgan fingerprint density at radius 2 is 2.06 bits per heavy atom. The minimum atomic E-state index is -0.119. The van der Waals surface area contributed by atoms with Crippen molar-refractivity contribution in [1.82, 2.24) is 4.90 Å². The van der Waals surface area contributed by atoms with E-state index in [1.165, 1.54) is 13.1 Å². The number of rotatable bonds is 8. The van der Waals surface area contributed by atoms with Crippen molar-refractivity contribution in [3.63, 3.8) is 0 Å². The van der Waals surface area contributed by atoms with Gasteiger partial charge < -0.3 is 14.2 Å². The van der Waals surface area contributed by atoms with Crippen LogP contribution < -0.4 is 0 Å². The van der Waals surface area contributed by atoms with Crippen molar-refractivity contribution < 1.29 is 23.5 Å². The Morgan fingerprint density at radius 3 is 2.71 bits per heavy atom. The lowest BCUT2D eigenvalue weighted by atomic mass is 10.5. The van der Waals surface area contributed by atoms with E-state index >= 15 is 0 Å². The molecule has 1 unspecified atom stereocenters. The van der Waals surface area contributed by atoms with Crippen LogP contribution in [0.5, 0.6) is 0 Å². The van der Waals surface area contributed by atoms with Gasteiger partial charge in [-0.15, -0.1) is 0 Å². The number of quaternary nitrogens is 1. The first-order valence-electron chi connectivity index (χ1n) is 6.20. The second kappa shape index (κ2) is 4.53. The zero-order valence-corrected chi connectivity index (χ0v) is 9.97. The van der Waals surface area contributed by atoms with Crippen molar-refractivity contribution in [2.45, 2.75) is 6.04 Å². The molecule has 1 atom stereocenters. The fourth-order valence-electron chi connectivity index (χ4n) is 2.05. The van der Waals surface area contributed by atoms with Gasteiger partial charge in [-0.2, -0.15) is 0 Å². The van der Waals surface area contributed by atoms with E-state index in [0.29, 0.717) is 6.61 Å². The molecule has 3 rings (SSSR count). The second-order valence-electron chi connectivity index (χ2n) is 5.02. The maximum atomic E-state index is 11.5. The number of nitrogens with zero attached hydrogens (tertiary/aromatic N) is 2. The van der Waals surface area contributed by atoms with Crippen LogP contribution in [0.25, 0.3) is 0 Å². The Morgan fingerprint density at radius 1 is 1.24 bits per heavy atom. The first-order chi connectivity index (χ1) is 8.30. The molecule has 3 aliphatic rings. The highest BCUT2D eigenvalue weighted by atomic mass is 16.7. The molecule has 96 valence electrons. The normalized spacial score (nSPS) is 28.1. The molecule has 3 saturated heterocycles. The Bertz CT molecular complexity index is 302. The molecule has 1 spiro atoms. The molecular formula is C11H19N2O4+. The van der Waals surface area contributed by atoms with E-state index in [9.17, 15) is 4.79 Å². The zero-order valence-electron chi connectivity index (χ0n) is 9.97. The first-order valence-corrected chi connectivity index (χ1v) is 6.20. The summed E-state index contributed by atoms with van der Waals surface area (Å²) in [7, 11) is 0. The maximum Gasteiger partial charge on any atom is 0.373 e. The van der Waals surface area contributed by atoms with E-state index in [-0.39, 0.29) is 25.6 Å². The lowest BCUT2D eigenvalue weighted by Crippen LogP contribution is -2.19. The summed E-state index contributed by atoms with van der Waals surface area (Å²) in [6, 6.07) is 0.0992. The van der Waals surface area contributed by atoms with Gasteiger partial charge in [0, 0.05) is 19.6 Å².